The van der Waals surface area contributed by atoms with Gasteiger partial charge in [0, 0.05) is 18.2 Å². The molecule has 2 rings (SSSR count). The molecule has 0 radical (unpaired) electrons. The van der Waals surface area contributed by atoms with Gasteiger partial charge in [-0.25, -0.2) is 0 Å². The molecular weight excluding hydrogens is 222 g/mol. The maximum atomic E-state index is 12.5. The van der Waals surface area contributed by atoms with Crippen LogP contribution < -0.4 is 0 Å². The Bertz CT molecular complexity index is 421. The lowest BCUT2D eigenvalue weighted by molar-refractivity contribution is 0.0735. The quantitative estimate of drug-likeness (QED) is 0.775. The van der Waals surface area contributed by atoms with Gasteiger partial charge in [0.05, 0.1) is 0 Å². The molecule has 1 aliphatic carbocycles. The van der Waals surface area contributed by atoms with Gasteiger partial charge in [0.25, 0.3) is 5.91 Å². The number of hydrogen-bond acceptors (Lipinski definition) is 1. The third kappa shape index (κ3) is 3.34. The van der Waals surface area contributed by atoms with Crippen molar-refractivity contribution < 1.29 is 4.79 Å². The third-order valence-corrected chi connectivity index (χ3v) is 3.46. The van der Waals surface area contributed by atoms with Crippen LogP contribution in [-0.2, 0) is 0 Å². The Morgan fingerprint density at radius 2 is 2.11 bits per heavy atom. The molecular formula is C16H23NO. The summed E-state index contributed by atoms with van der Waals surface area (Å²) in [6.45, 7) is 7.35. The minimum Gasteiger partial charge on any atom is -0.336 e. The fourth-order valence-electron chi connectivity index (χ4n) is 2.18. The molecule has 0 spiro atoms. The van der Waals surface area contributed by atoms with E-state index in [0.29, 0.717) is 12.0 Å². The van der Waals surface area contributed by atoms with Gasteiger partial charge in [-0.1, -0.05) is 31.5 Å². The SMILES string of the molecule is Cc1cccc(C(=O)N(CCC(C)C)C2CC2)c1. The van der Waals surface area contributed by atoms with Crippen molar-refractivity contribution in [3.8, 4) is 0 Å². The summed E-state index contributed by atoms with van der Waals surface area (Å²) in [5, 5.41) is 0. The zero-order chi connectivity index (χ0) is 13.1. The van der Waals surface area contributed by atoms with Gasteiger partial charge in [0.15, 0.2) is 0 Å². The molecule has 0 atom stereocenters. The molecule has 0 aromatic heterocycles. The first-order chi connectivity index (χ1) is 8.58. The average molecular weight is 245 g/mol. The Kier molecular flexibility index (Phi) is 4.05. The van der Waals surface area contributed by atoms with Crippen LogP contribution in [0.4, 0.5) is 0 Å². The molecule has 0 N–H and O–H groups in total. The minimum absolute atomic E-state index is 0.210. The largest absolute Gasteiger partial charge is 0.336 e. The second kappa shape index (κ2) is 5.55. The van der Waals surface area contributed by atoms with Crippen LogP contribution in [0.15, 0.2) is 24.3 Å². The van der Waals surface area contributed by atoms with Crippen LogP contribution in [0.1, 0.15) is 49.0 Å². The predicted octanol–water partition coefficient (Wildman–Crippen LogP) is 3.65. The van der Waals surface area contributed by atoms with E-state index in [1.54, 1.807) is 0 Å². The molecule has 1 amide bonds. The van der Waals surface area contributed by atoms with Crippen molar-refractivity contribution in [2.75, 3.05) is 6.54 Å². The Balaban J connectivity index is 2.08. The number of carbonyl (C=O) groups excluding carboxylic acids is 1. The van der Waals surface area contributed by atoms with Gasteiger partial charge in [-0.15, -0.1) is 0 Å². The van der Waals surface area contributed by atoms with Crippen LogP contribution >= 0.6 is 0 Å². The maximum Gasteiger partial charge on any atom is 0.254 e. The van der Waals surface area contributed by atoms with E-state index in [9.17, 15) is 4.79 Å². The van der Waals surface area contributed by atoms with Crippen molar-refractivity contribution in [3.63, 3.8) is 0 Å². The smallest absolute Gasteiger partial charge is 0.254 e. The average Bonchev–Trinajstić information content (AvgIpc) is 3.13. The second-order valence-electron chi connectivity index (χ2n) is 5.78. The van der Waals surface area contributed by atoms with Gasteiger partial charge >= 0.3 is 0 Å². The lowest BCUT2D eigenvalue weighted by atomic mass is 10.1. The summed E-state index contributed by atoms with van der Waals surface area (Å²) in [7, 11) is 0. The Labute approximate surface area is 110 Å². The summed E-state index contributed by atoms with van der Waals surface area (Å²) in [5.41, 5.74) is 1.99. The van der Waals surface area contributed by atoms with E-state index in [-0.39, 0.29) is 5.91 Å². The van der Waals surface area contributed by atoms with Crippen molar-refractivity contribution >= 4 is 5.91 Å². The van der Waals surface area contributed by atoms with Gasteiger partial charge < -0.3 is 4.90 Å². The van der Waals surface area contributed by atoms with E-state index < -0.39 is 0 Å². The van der Waals surface area contributed by atoms with Crippen molar-refractivity contribution in [2.45, 2.75) is 46.1 Å². The lowest BCUT2D eigenvalue weighted by Crippen LogP contribution is -2.34. The number of aryl methyl sites for hydroxylation is 1. The molecule has 98 valence electrons. The van der Waals surface area contributed by atoms with Crippen molar-refractivity contribution in [1.82, 2.24) is 4.90 Å². The summed E-state index contributed by atoms with van der Waals surface area (Å²) in [4.78, 5) is 14.6. The summed E-state index contributed by atoms with van der Waals surface area (Å²) >= 11 is 0. The van der Waals surface area contributed by atoms with Crippen LogP contribution in [-0.4, -0.2) is 23.4 Å². The van der Waals surface area contributed by atoms with Crippen LogP contribution in [0.25, 0.3) is 0 Å². The highest BCUT2D eigenvalue weighted by atomic mass is 16.2. The minimum atomic E-state index is 0.210. The predicted molar refractivity (Wildman–Crippen MR) is 74.7 cm³/mol. The highest BCUT2D eigenvalue weighted by Gasteiger charge is 2.32. The van der Waals surface area contributed by atoms with Crippen LogP contribution in [0, 0.1) is 12.8 Å². The number of hydrogen-bond donors (Lipinski definition) is 0. The number of nitrogens with zero attached hydrogens (tertiary/aromatic N) is 1. The molecule has 1 saturated carbocycles. The summed E-state index contributed by atoms with van der Waals surface area (Å²) in [6, 6.07) is 8.42. The topological polar surface area (TPSA) is 20.3 Å². The molecule has 0 heterocycles. The number of benzene rings is 1. The van der Waals surface area contributed by atoms with Crippen molar-refractivity contribution in [3.05, 3.63) is 35.4 Å². The molecule has 1 aliphatic rings. The van der Waals surface area contributed by atoms with Gasteiger partial charge in [-0.05, 0) is 44.2 Å². The fourth-order valence-corrected chi connectivity index (χ4v) is 2.18. The summed E-state index contributed by atoms with van der Waals surface area (Å²) in [6.07, 6.45) is 3.44. The molecule has 0 aliphatic heterocycles. The molecule has 0 unspecified atom stereocenters. The molecule has 2 heteroatoms. The van der Waals surface area contributed by atoms with Crippen molar-refractivity contribution in [1.29, 1.82) is 0 Å². The standard InChI is InChI=1S/C16H23NO/c1-12(2)9-10-17(15-7-8-15)16(18)14-6-4-5-13(3)11-14/h4-6,11-12,15H,7-10H2,1-3H3. The third-order valence-electron chi connectivity index (χ3n) is 3.46. The van der Waals surface area contributed by atoms with Crippen molar-refractivity contribution in [2.24, 2.45) is 5.92 Å². The fraction of sp³-hybridized carbons (Fsp3) is 0.562. The molecule has 2 nitrogen and oxygen atoms in total. The normalized spacial score (nSPS) is 14.9. The number of amides is 1. The number of rotatable bonds is 5. The van der Waals surface area contributed by atoms with Gasteiger partial charge in [0.1, 0.15) is 0 Å². The van der Waals surface area contributed by atoms with E-state index in [4.69, 9.17) is 0 Å². The molecule has 0 saturated heterocycles. The van der Waals surface area contributed by atoms with Gasteiger partial charge in [-0.3, -0.25) is 4.79 Å². The van der Waals surface area contributed by atoms with E-state index in [0.717, 1.165) is 24.1 Å². The van der Waals surface area contributed by atoms with E-state index in [1.807, 2.05) is 31.2 Å². The second-order valence-corrected chi connectivity index (χ2v) is 5.78. The Hall–Kier alpha value is -1.31. The maximum absolute atomic E-state index is 12.5. The molecule has 1 aromatic rings. The van der Waals surface area contributed by atoms with E-state index >= 15 is 0 Å². The molecule has 18 heavy (non-hydrogen) atoms. The first kappa shape index (κ1) is 13.1. The first-order valence-electron chi connectivity index (χ1n) is 6.95. The highest BCUT2D eigenvalue weighted by Crippen LogP contribution is 2.29. The van der Waals surface area contributed by atoms with Gasteiger partial charge in [-0.2, -0.15) is 0 Å². The van der Waals surface area contributed by atoms with Gasteiger partial charge in [0.2, 0.25) is 0 Å². The monoisotopic (exact) mass is 245 g/mol. The van der Waals surface area contributed by atoms with Crippen LogP contribution in [0.5, 0.6) is 0 Å². The Morgan fingerprint density at radius 1 is 1.39 bits per heavy atom. The van der Waals surface area contributed by atoms with Crippen LogP contribution in [0.3, 0.4) is 0 Å². The summed E-state index contributed by atoms with van der Waals surface area (Å²) < 4.78 is 0. The molecule has 1 aromatic carbocycles. The zero-order valence-corrected chi connectivity index (χ0v) is 11.6. The first-order valence-corrected chi connectivity index (χ1v) is 6.95. The molecule has 0 bridgehead atoms. The zero-order valence-electron chi connectivity index (χ0n) is 11.6. The van der Waals surface area contributed by atoms with E-state index in [1.165, 1.54) is 12.8 Å². The van der Waals surface area contributed by atoms with E-state index in [2.05, 4.69) is 18.7 Å². The highest BCUT2D eigenvalue weighted by molar-refractivity contribution is 5.94. The Morgan fingerprint density at radius 3 is 2.67 bits per heavy atom. The number of carbonyl (C=O) groups is 1. The summed E-state index contributed by atoms with van der Waals surface area (Å²) in [5.74, 6) is 0.860. The van der Waals surface area contributed by atoms with Crippen LogP contribution in [0.2, 0.25) is 0 Å². The molecule has 1 fully saturated rings. The lowest BCUT2D eigenvalue weighted by Gasteiger charge is -2.23.